The van der Waals surface area contributed by atoms with Crippen molar-refractivity contribution in [3.63, 3.8) is 0 Å². The average molecular weight is 227 g/mol. The Morgan fingerprint density at radius 1 is 1.47 bits per heavy atom. The zero-order valence-electron chi connectivity index (χ0n) is 9.00. The highest BCUT2D eigenvalue weighted by molar-refractivity contribution is 6.31. The van der Waals surface area contributed by atoms with Crippen molar-refractivity contribution in [2.45, 2.75) is 26.2 Å². The number of hydrogen-bond donors (Lipinski definition) is 0. The molecule has 0 aromatic heterocycles. The molecular formula is C12H15ClO2. The molecule has 1 aromatic rings. The van der Waals surface area contributed by atoms with Gasteiger partial charge in [-0.3, -0.25) is 4.79 Å². The normalized spacial score (nSPS) is 12.2. The maximum absolute atomic E-state index is 11.3. The second-order valence-corrected chi connectivity index (χ2v) is 3.84. The largest absolute Gasteiger partial charge is 0.466 e. The maximum Gasteiger partial charge on any atom is 0.306 e. The Morgan fingerprint density at radius 3 is 2.73 bits per heavy atom. The van der Waals surface area contributed by atoms with Gasteiger partial charge in [0.2, 0.25) is 0 Å². The van der Waals surface area contributed by atoms with Crippen molar-refractivity contribution in [2.24, 2.45) is 0 Å². The van der Waals surface area contributed by atoms with Crippen molar-refractivity contribution in [3.05, 3.63) is 34.9 Å². The smallest absolute Gasteiger partial charge is 0.306 e. The van der Waals surface area contributed by atoms with E-state index in [1.807, 2.05) is 31.2 Å². The first kappa shape index (κ1) is 12.1. The van der Waals surface area contributed by atoms with E-state index in [0.717, 1.165) is 5.56 Å². The second-order valence-electron chi connectivity index (χ2n) is 3.43. The Kier molecular flexibility index (Phi) is 4.63. The fourth-order valence-electron chi connectivity index (χ4n) is 1.45. The summed E-state index contributed by atoms with van der Waals surface area (Å²) in [6, 6.07) is 7.57. The minimum absolute atomic E-state index is 0.0951. The van der Waals surface area contributed by atoms with Gasteiger partial charge in [0.25, 0.3) is 0 Å². The fraction of sp³-hybridized carbons (Fsp3) is 0.417. The van der Waals surface area contributed by atoms with Crippen molar-refractivity contribution in [3.8, 4) is 0 Å². The number of benzene rings is 1. The van der Waals surface area contributed by atoms with E-state index in [2.05, 4.69) is 0 Å². The fourth-order valence-corrected chi connectivity index (χ4v) is 1.78. The molecule has 0 saturated heterocycles. The molecule has 0 heterocycles. The molecule has 0 saturated carbocycles. The first-order valence-electron chi connectivity index (χ1n) is 5.05. The van der Waals surface area contributed by atoms with Gasteiger partial charge in [0.15, 0.2) is 0 Å². The molecule has 1 rings (SSSR count). The van der Waals surface area contributed by atoms with Crippen LogP contribution in [0.25, 0.3) is 0 Å². The number of esters is 1. The lowest BCUT2D eigenvalue weighted by Gasteiger charge is -2.12. The van der Waals surface area contributed by atoms with E-state index in [1.165, 1.54) is 0 Å². The van der Waals surface area contributed by atoms with Crippen LogP contribution in [0.1, 0.15) is 31.7 Å². The molecule has 82 valence electrons. The molecule has 0 amide bonds. The number of rotatable bonds is 4. The zero-order chi connectivity index (χ0) is 11.3. The van der Waals surface area contributed by atoms with Crippen LogP contribution < -0.4 is 0 Å². The van der Waals surface area contributed by atoms with Crippen LogP contribution in [0, 0.1) is 0 Å². The summed E-state index contributed by atoms with van der Waals surface area (Å²) in [7, 11) is 0. The lowest BCUT2D eigenvalue weighted by atomic mass is 9.98. The van der Waals surface area contributed by atoms with E-state index in [4.69, 9.17) is 16.3 Å². The third-order valence-corrected chi connectivity index (χ3v) is 2.56. The van der Waals surface area contributed by atoms with Gasteiger partial charge in [-0.2, -0.15) is 0 Å². The summed E-state index contributed by atoms with van der Waals surface area (Å²) < 4.78 is 4.89. The Bertz CT molecular complexity index is 336. The van der Waals surface area contributed by atoms with Crippen LogP contribution in [0.2, 0.25) is 5.02 Å². The summed E-state index contributed by atoms with van der Waals surface area (Å²) in [5, 5.41) is 0.703. The molecule has 0 aliphatic heterocycles. The van der Waals surface area contributed by atoms with Crippen LogP contribution in [0.4, 0.5) is 0 Å². The third-order valence-electron chi connectivity index (χ3n) is 2.21. The minimum Gasteiger partial charge on any atom is -0.466 e. The molecule has 1 unspecified atom stereocenters. The van der Waals surface area contributed by atoms with E-state index < -0.39 is 0 Å². The molecule has 15 heavy (non-hydrogen) atoms. The molecule has 1 atom stereocenters. The number of carbonyl (C=O) groups excluding carboxylic acids is 1. The van der Waals surface area contributed by atoms with E-state index in [9.17, 15) is 4.79 Å². The molecular weight excluding hydrogens is 212 g/mol. The summed E-state index contributed by atoms with van der Waals surface area (Å²) in [4.78, 5) is 11.3. The lowest BCUT2D eigenvalue weighted by molar-refractivity contribution is -0.143. The van der Waals surface area contributed by atoms with E-state index in [1.54, 1.807) is 6.92 Å². The van der Waals surface area contributed by atoms with Gasteiger partial charge < -0.3 is 4.74 Å². The van der Waals surface area contributed by atoms with Crippen LogP contribution in [-0.2, 0) is 9.53 Å². The molecule has 0 spiro atoms. The van der Waals surface area contributed by atoms with Crippen molar-refractivity contribution in [1.82, 2.24) is 0 Å². The van der Waals surface area contributed by atoms with Gasteiger partial charge in [0.1, 0.15) is 0 Å². The number of halogens is 1. The first-order valence-corrected chi connectivity index (χ1v) is 5.43. The molecule has 0 aliphatic carbocycles. The highest BCUT2D eigenvalue weighted by Gasteiger charge is 2.13. The van der Waals surface area contributed by atoms with E-state index >= 15 is 0 Å². The monoisotopic (exact) mass is 226 g/mol. The van der Waals surface area contributed by atoms with E-state index in [-0.39, 0.29) is 11.9 Å². The van der Waals surface area contributed by atoms with Crippen molar-refractivity contribution in [1.29, 1.82) is 0 Å². The summed E-state index contributed by atoms with van der Waals surface area (Å²) in [6.45, 7) is 4.20. The van der Waals surface area contributed by atoms with Crippen LogP contribution >= 0.6 is 11.6 Å². The first-order chi connectivity index (χ1) is 7.15. The molecule has 3 heteroatoms. The number of ether oxygens (including phenoxy) is 1. The lowest BCUT2D eigenvalue weighted by Crippen LogP contribution is -2.08. The van der Waals surface area contributed by atoms with Crippen molar-refractivity contribution in [2.75, 3.05) is 6.61 Å². The highest BCUT2D eigenvalue weighted by atomic mass is 35.5. The topological polar surface area (TPSA) is 26.3 Å². The second kappa shape index (κ2) is 5.76. The van der Waals surface area contributed by atoms with Crippen LogP contribution in [0.15, 0.2) is 24.3 Å². The van der Waals surface area contributed by atoms with Crippen LogP contribution in [0.3, 0.4) is 0 Å². The SMILES string of the molecule is CCOC(=O)CC(C)c1ccccc1Cl. The number of carbonyl (C=O) groups is 1. The van der Waals surface area contributed by atoms with Gasteiger partial charge in [-0.25, -0.2) is 0 Å². The summed E-state index contributed by atoms with van der Waals surface area (Å²) in [5.74, 6) is -0.0809. The standard InChI is InChI=1S/C12H15ClO2/c1-3-15-12(14)8-9(2)10-6-4-5-7-11(10)13/h4-7,9H,3,8H2,1-2H3. The maximum atomic E-state index is 11.3. The quantitative estimate of drug-likeness (QED) is 0.736. The Labute approximate surface area is 95.2 Å². The van der Waals surface area contributed by atoms with Gasteiger partial charge in [-0.1, -0.05) is 36.7 Å². The molecule has 0 N–H and O–H groups in total. The molecule has 0 radical (unpaired) electrons. The van der Waals surface area contributed by atoms with Gasteiger partial charge in [-0.05, 0) is 24.5 Å². The van der Waals surface area contributed by atoms with Gasteiger partial charge >= 0.3 is 5.97 Å². The molecule has 0 bridgehead atoms. The summed E-state index contributed by atoms with van der Waals surface area (Å²) in [6.07, 6.45) is 0.373. The molecule has 0 fully saturated rings. The molecule has 1 aromatic carbocycles. The molecule has 2 nitrogen and oxygen atoms in total. The predicted octanol–water partition coefficient (Wildman–Crippen LogP) is 3.40. The highest BCUT2D eigenvalue weighted by Crippen LogP contribution is 2.26. The Balaban J connectivity index is 2.65. The molecule has 0 aliphatic rings. The van der Waals surface area contributed by atoms with Gasteiger partial charge in [0.05, 0.1) is 13.0 Å². The van der Waals surface area contributed by atoms with Crippen molar-refractivity contribution >= 4 is 17.6 Å². The summed E-state index contributed by atoms with van der Waals surface area (Å²) in [5.41, 5.74) is 0.993. The van der Waals surface area contributed by atoms with Crippen LogP contribution in [0.5, 0.6) is 0 Å². The Hall–Kier alpha value is -1.02. The van der Waals surface area contributed by atoms with Crippen LogP contribution in [-0.4, -0.2) is 12.6 Å². The minimum atomic E-state index is -0.176. The average Bonchev–Trinajstić information content (AvgIpc) is 2.18. The van der Waals surface area contributed by atoms with Gasteiger partial charge in [0, 0.05) is 5.02 Å². The third kappa shape index (κ3) is 3.56. The predicted molar refractivity (Wildman–Crippen MR) is 61.1 cm³/mol. The van der Waals surface area contributed by atoms with E-state index in [0.29, 0.717) is 18.1 Å². The van der Waals surface area contributed by atoms with Gasteiger partial charge in [-0.15, -0.1) is 0 Å². The van der Waals surface area contributed by atoms with Crippen molar-refractivity contribution < 1.29 is 9.53 Å². The number of hydrogen-bond acceptors (Lipinski definition) is 2. The Morgan fingerprint density at radius 2 is 2.13 bits per heavy atom. The summed E-state index contributed by atoms with van der Waals surface area (Å²) >= 11 is 6.03. The zero-order valence-corrected chi connectivity index (χ0v) is 9.75.